The Morgan fingerprint density at radius 3 is 2.45 bits per heavy atom. The number of hydrogen-bond donors (Lipinski definition) is 1. The highest BCUT2D eigenvalue weighted by molar-refractivity contribution is 5.97. The normalized spacial score (nSPS) is 21.6. The Labute approximate surface area is 171 Å². The predicted molar refractivity (Wildman–Crippen MR) is 110 cm³/mol. The Morgan fingerprint density at radius 2 is 1.69 bits per heavy atom. The average Bonchev–Trinajstić information content (AvgIpc) is 2.72. The van der Waals surface area contributed by atoms with E-state index in [-0.39, 0.29) is 18.1 Å². The number of benzene rings is 2. The summed E-state index contributed by atoms with van der Waals surface area (Å²) in [5.74, 6) is 0.994. The molecule has 1 N–H and O–H groups in total. The van der Waals surface area contributed by atoms with Crippen LogP contribution in [0.5, 0.6) is 11.5 Å². The van der Waals surface area contributed by atoms with Crippen LogP contribution in [-0.4, -0.2) is 49.3 Å². The van der Waals surface area contributed by atoms with Crippen LogP contribution in [0.15, 0.2) is 42.5 Å². The number of carbonyl (C=O) groups is 1. The summed E-state index contributed by atoms with van der Waals surface area (Å²) in [7, 11) is 0. The zero-order chi connectivity index (χ0) is 20.2. The van der Waals surface area contributed by atoms with Crippen LogP contribution in [0.25, 0.3) is 0 Å². The van der Waals surface area contributed by atoms with E-state index in [9.17, 15) is 4.79 Å². The monoisotopic (exact) mass is 396 g/mol. The van der Waals surface area contributed by atoms with Gasteiger partial charge in [-0.1, -0.05) is 30.3 Å². The van der Waals surface area contributed by atoms with Crippen molar-refractivity contribution in [1.29, 1.82) is 0 Å². The summed E-state index contributed by atoms with van der Waals surface area (Å²) in [6.45, 7) is 8.50. The van der Waals surface area contributed by atoms with Gasteiger partial charge in [-0.05, 0) is 37.1 Å². The third kappa shape index (κ3) is 4.89. The van der Waals surface area contributed by atoms with E-state index >= 15 is 0 Å². The maximum atomic E-state index is 12.6. The van der Waals surface area contributed by atoms with E-state index in [0.29, 0.717) is 36.8 Å². The second kappa shape index (κ2) is 8.84. The van der Waals surface area contributed by atoms with Crippen molar-refractivity contribution in [2.75, 3.05) is 26.3 Å². The molecule has 0 aliphatic carbocycles. The quantitative estimate of drug-likeness (QED) is 0.842. The lowest BCUT2D eigenvalue weighted by atomic mass is 10.1. The number of carbonyl (C=O) groups excluding carboxylic acids is 1. The van der Waals surface area contributed by atoms with E-state index in [0.717, 1.165) is 25.2 Å². The third-order valence-corrected chi connectivity index (χ3v) is 5.19. The van der Waals surface area contributed by atoms with Gasteiger partial charge in [0.2, 0.25) is 0 Å². The lowest BCUT2D eigenvalue weighted by Gasteiger charge is -2.35. The maximum Gasteiger partial charge on any atom is 0.255 e. The fourth-order valence-corrected chi connectivity index (χ4v) is 3.96. The van der Waals surface area contributed by atoms with E-state index in [4.69, 9.17) is 14.2 Å². The molecular formula is C23H28N2O4. The minimum Gasteiger partial charge on any atom is -0.486 e. The molecule has 6 nitrogen and oxygen atoms in total. The number of para-hydroxylation sites is 1. The van der Waals surface area contributed by atoms with Gasteiger partial charge in [0, 0.05) is 26.2 Å². The molecule has 2 aliphatic rings. The van der Waals surface area contributed by atoms with Gasteiger partial charge in [0.15, 0.2) is 11.5 Å². The number of fused-ring (bicyclic) bond motifs is 1. The summed E-state index contributed by atoms with van der Waals surface area (Å²) in [5.41, 5.74) is 2.84. The standard InChI is InChI=1S/C23H28N2O4/c1-16-13-25(14-17(2)29-16)15-19-8-6-18(7-9-19)12-24-23(26)20-4-3-5-21-22(20)28-11-10-27-21/h3-9,16-17H,10-15H2,1-2H3,(H,24,26). The highest BCUT2D eigenvalue weighted by Crippen LogP contribution is 2.33. The lowest BCUT2D eigenvalue weighted by Crippen LogP contribution is -2.44. The number of ether oxygens (including phenoxy) is 3. The molecule has 0 aromatic heterocycles. The van der Waals surface area contributed by atoms with Gasteiger partial charge in [0.05, 0.1) is 17.8 Å². The lowest BCUT2D eigenvalue weighted by molar-refractivity contribution is -0.0704. The predicted octanol–water partition coefficient (Wildman–Crippen LogP) is 3.00. The molecule has 0 spiro atoms. The van der Waals surface area contributed by atoms with Crippen molar-refractivity contribution in [3.05, 3.63) is 59.2 Å². The second-order valence-corrected chi connectivity index (χ2v) is 7.78. The molecule has 1 saturated heterocycles. The Hall–Kier alpha value is -2.57. The molecule has 0 saturated carbocycles. The van der Waals surface area contributed by atoms with Crippen LogP contribution < -0.4 is 14.8 Å². The first-order chi connectivity index (χ1) is 14.1. The molecule has 154 valence electrons. The summed E-state index contributed by atoms with van der Waals surface area (Å²) in [5, 5.41) is 2.98. The minimum absolute atomic E-state index is 0.160. The Morgan fingerprint density at radius 1 is 1.00 bits per heavy atom. The van der Waals surface area contributed by atoms with Crippen molar-refractivity contribution in [3.8, 4) is 11.5 Å². The molecule has 2 aromatic rings. The third-order valence-electron chi connectivity index (χ3n) is 5.19. The van der Waals surface area contributed by atoms with Crippen molar-refractivity contribution in [3.63, 3.8) is 0 Å². The van der Waals surface area contributed by atoms with Gasteiger partial charge in [-0.15, -0.1) is 0 Å². The Bertz CT molecular complexity index is 842. The Balaban J connectivity index is 1.33. The Kier molecular flexibility index (Phi) is 6.02. The van der Waals surface area contributed by atoms with Crippen molar-refractivity contribution in [2.45, 2.75) is 39.1 Å². The van der Waals surface area contributed by atoms with Gasteiger partial charge in [-0.25, -0.2) is 0 Å². The molecule has 2 aromatic carbocycles. The average molecular weight is 396 g/mol. The SMILES string of the molecule is CC1CN(Cc2ccc(CNC(=O)c3cccc4c3OCCO4)cc2)CC(C)O1. The topological polar surface area (TPSA) is 60.0 Å². The highest BCUT2D eigenvalue weighted by atomic mass is 16.6. The first-order valence-corrected chi connectivity index (χ1v) is 10.2. The molecule has 0 radical (unpaired) electrons. The van der Waals surface area contributed by atoms with Crippen molar-refractivity contribution in [1.82, 2.24) is 10.2 Å². The molecule has 1 amide bonds. The van der Waals surface area contributed by atoms with Crippen LogP contribution in [0.4, 0.5) is 0 Å². The summed E-state index contributed by atoms with van der Waals surface area (Å²) in [6.07, 6.45) is 0.540. The van der Waals surface area contributed by atoms with E-state index < -0.39 is 0 Å². The fourth-order valence-electron chi connectivity index (χ4n) is 3.96. The van der Waals surface area contributed by atoms with Crippen LogP contribution in [-0.2, 0) is 17.8 Å². The smallest absolute Gasteiger partial charge is 0.255 e. The fraction of sp³-hybridized carbons (Fsp3) is 0.435. The van der Waals surface area contributed by atoms with Crippen molar-refractivity contribution >= 4 is 5.91 Å². The molecule has 4 rings (SSSR count). The highest BCUT2D eigenvalue weighted by Gasteiger charge is 2.22. The number of morpholine rings is 1. The molecule has 6 heteroatoms. The number of amides is 1. The first-order valence-electron chi connectivity index (χ1n) is 10.2. The summed E-state index contributed by atoms with van der Waals surface area (Å²) < 4.78 is 17.0. The van der Waals surface area contributed by atoms with Gasteiger partial charge in [0.25, 0.3) is 5.91 Å². The van der Waals surface area contributed by atoms with Gasteiger partial charge < -0.3 is 19.5 Å². The second-order valence-electron chi connectivity index (χ2n) is 7.78. The zero-order valence-corrected chi connectivity index (χ0v) is 17.0. The van der Waals surface area contributed by atoms with Crippen molar-refractivity contribution < 1.29 is 19.0 Å². The van der Waals surface area contributed by atoms with Gasteiger partial charge >= 0.3 is 0 Å². The summed E-state index contributed by atoms with van der Waals surface area (Å²) in [6, 6.07) is 13.8. The molecule has 2 atom stereocenters. The van der Waals surface area contributed by atoms with Crippen LogP contribution in [0.3, 0.4) is 0 Å². The number of hydrogen-bond acceptors (Lipinski definition) is 5. The number of rotatable bonds is 5. The van der Waals surface area contributed by atoms with Gasteiger partial charge in [-0.2, -0.15) is 0 Å². The van der Waals surface area contributed by atoms with Crippen LogP contribution in [0.2, 0.25) is 0 Å². The molecule has 2 aliphatic heterocycles. The van der Waals surface area contributed by atoms with E-state index in [1.54, 1.807) is 6.07 Å². The molecule has 1 fully saturated rings. The molecule has 2 heterocycles. The first kappa shape index (κ1) is 19.7. The van der Waals surface area contributed by atoms with E-state index in [1.165, 1.54) is 5.56 Å². The maximum absolute atomic E-state index is 12.6. The molecule has 29 heavy (non-hydrogen) atoms. The molecule has 0 bridgehead atoms. The van der Waals surface area contributed by atoms with Gasteiger partial charge in [0.1, 0.15) is 13.2 Å². The number of nitrogens with zero attached hydrogens (tertiary/aromatic N) is 1. The minimum atomic E-state index is -0.160. The number of nitrogens with one attached hydrogen (secondary N) is 1. The van der Waals surface area contributed by atoms with Crippen LogP contribution >= 0.6 is 0 Å². The largest absolute Gasteiger partial charge is 0.486 e. The molecule has 2 unspecified atom stereocenters. The van der Waals surface area contributed by atoms with Crippen LogP contribution in [0, 0.1) is 0 Å². The molecular weight excluding hydrogens is 368 g/mol. The van der Waals surface area contributed by atoms with Gasteiger partial charge in [-0.3, -0.25) is 9.69 Å². The van der Waals surface area contributed by atoms with E-state index in [1.807, 2.05) is 12.1 Å². The van der Waals surface area contributed by atoms with E-state index in [2.05, 4.69) is 48.3 Å². The van der Waals surface area contributed by atoms with Crippen LogP contribution in [0.1, 0.15) is 35.3 Å². The summed E-state index contributed by atoms with van der Waals surface area (Å²) in [4.78, 5) is 15.0. The zero-order valence-electron chi connectivity index (χ0n) is 17.0. The van der Waals surface area contributed by atoms with Crippen molar-refractivity contribution in [2.24, 2.45) is 0 Å². The summed E-state index contributed by atoms with van der Waals surface area (Å²) >= 11 is 0.